The van der Waals surface area contributed by atoms with Crippen LogP contribution in [0.5, 0.6) is 0 Å². The second-order valence-electron chi connectivity index (χ2n) is 8.83. The Morgan fingerprint density at radius 2 is 2.04 bits per heavy atom. The molecule has 0 aromatic carbocycles. The minimum Gasteiger partial charge on any atom is -0.296 e. The molecule has 4 aliphatic carbocycles. The van der Waals surface area contributed by atoms with E-state index >= 15 is 0 Å². The van der Waals surface area contributed by atoms with E-state index in [1.165, 1.54) is 0 Å². The van der Waals surface area contributed by atoms with Crippen molar-refractivity contribution in [3.63, 3.8) is 0 Å². The average molecular weight is 375 g/mol. The van der Waals surface area contributed by atoms with Gasteiger partial charge in [-0.15, -0.1) is 11.8 Å². The van der Waals surface area contributed by atoms with E-state index in [4.69, 9.17) is 0 Å². The molecule has 0 aromatic heterocycles. The maximum absolute atomic E-state index is 14.3. The fourth-order valence-electron chi connectivity index (χ4n) is 6.37. The lowest BCUT2D eigenvalue weighted by Crippen LogP contribution is -2.50. The minimum absolute atomic E-state index is 0.0874. The second kappa shape index (κ2) is 5.92. The molecule has 140 valence electrons. The highest BCUT2D eigenvalue weighted by atomic mass is 32.2. The largest absolute Gasteiger partial charge is 0.296 e. The van der Waals surface area contributed by atoms with Gasteiger partial charge in [0.05, 0.1) is 4.91 Å². The fraction of sp³-hybridized carbons (Fsp3) is 0.636. The molecule has 4 aliphatic rings. The number of hydrogen-bond acceptors (Lipinski definition) is 3. The summed E-state index contributed by atoms with van der Waals surface area (Å²) in [6.45, 7) is 10.6. The van der Waals surface area contributed by atoms with Gasteiger partial charge in [-0.2, -0.15) is 0 Å². The molecule has 3 saturated carbocycles. The molecule has 0 aromatic rings. The number of fused-ring (bicyclic) bond motifs is 5. The quantitative estimate of drug-likeness (QED) is 0.678. The normalized spacial score (nSPS) is 44.8. The summed E-state index contributed by atoms with van der Waals surface area (Å²) in [7, 11) is 0. The van der Waals surface area contributed by atoms with Crippen molar-refractivity contribution in [2.75, 3.05) is 5.75 Å². The number of carbonyl (C=O) groups excluding carboxylic acids is 2. The zero-order valence-corrected chi connectivity index (χ0v) is 16.6. The van der Waals surface area contributed by atoms with Crippen LogP contribution in [0.15, 0.2) is 34.8 Å². The number of alkyl halides is 1. The van der Waals surface area contributed by atoms with Crippen molar-refractivity contribution in [3.05, 3.63) is 34.8 Å². The van der Waals surface area contributed by atoms with Crippen LogP contribution < -0.4 is 0 Å². The van der Waals surface area contributed by atoms with Gasteiger partial charge in [-0.25, -0.2) is 4.39 Å². The average Bonchev–Trinajstić information content (AvgIpc) is 2.82. The zero-order chi connectivity index (χ0) is 18.9. The second-order valence-corrected chi connectivity index (χ2v) is 10.1. The first kappa shape index (κ1) is 18.2. The Morgan fingerprint density at radius 3 is 2.73 bits per heavy atom. The molecule has 0 N–H and O–H groups in total. The summed E-state index contributed by atoms with van der Waals surface area (Å²) in [5.74, 6) is 1.46. The molecular formula is C22H27FO2S. The SMILES string of the molecule is C=C1C[C@@H]2[C@H](CC[C@]3(C)C(=O)[C@H](F)C[C@@H]23)[C@@]2(C)C=CC(=O)C(SCC)=C12. The first-order valence-corrected chi connectivity index (χ1v) is 10.7. The van der Waals surface area contributed by atoms with E-state index in [0.717, 1.165) is 41.1 Å². The van der Waals surface area contributed by atoms with Crippen LogP contribution in [0.3, 0.4) is 0 Å². The van der Waals surface area contributed by atoms with Gasteiger partial charge >= 0.3 is 0 Å². The van der Waals surface area contributed by atoms with Gasteiger partial charge in [0.15, 0.2) is 17.7 Å². The molecule has 0 spiro atoms. The van der Waals surface area contributed by atoms with Crippen LogP contribution in [0.2, 0.25) is 0 Å². The third-order valence-corrected chi connectivity index (χ3v) is 8.58. The fourth-order valence-corrected chi connectivity index (χ4v) is 7.37. The first-order chi connectivity index (χ1) is 12.2. The summed E-state index contributed by atoms with van der Waals surface area (Å²) < 4.78 is 14.3. The lowest BCUT2D eigenvalue weighted by molar-refractivity contribution is -0.134. The number of hydrogen-bond donors (Lipinski definition) is 0. The van der Waals surface area contributed by atoms with Crippen LogP contribution in [0, 0.1) is 28.6 Å². The van der Waals surface area contributed by atoms with E-state index in [2.05, 4.69) is 26.5 Å². The van der Waals surface area contributed by atoms with E-state index < -0.39 is 11.6 Å². The smallest absolute Gasteiger partial charge is 0.192 e. The van der Waals surface area contributed by atoms with Gasteiger partial charge in [-0.1, -0.05) is 33.4 Å². The van der Waals surface area contributed by atoms with Crippen LogP contribution in [0.1, 0.15) is 46.5 Å². The number of Topliss-reactive ketones (excluding diaryl/α,β-unsaturated/α-hetero) is 1. The van der Waals surface area contributed by atoms with Gasteiger partial charge in [0.1, 0.15) is 0 Å². The van der Waals surface area contributed by atoms with Crippen molar-refractivity contribution < 1.29 is 14.0 Å². The Hall–Kier alpha value is -1.16. The number of rotatable bonds is 2. The molecule has 0 unspecified atom stereocenters. The summed E-state index contributed by atoms with van der Waals surface area (Å²) in [5, 5.41) is 0. The Bertz CT molecular complexity index is 766. The van der Waals surface area contributed by atoms with E-state index in [-0.39, 0.29) is 28.8 Å². The summed E-state index contributed by atoms with van der Waals surface area (Å²) >= 11 is 1.61. The Labute approximate surface area is 159 Å². The number of halogens is 1. The summed E-state index contributed by atoms with van der Waals surface area (Å²) in [6.07, 6.45) is 5.29. The highest BCUT2D eigenvalue weighted by molar-refractivity contribution is 8.04. The number of carbonyl (C=O) groups is 2. The monoisotopic (exact) mass is 374 g/mol. The van der Waals surface area contributed by atoms with Gasteiger partial charge in [-0.3, -0.25) is 9.59 Å². The molecule has 0 radical (unpaired) electrons. The Morgan fingerprint density at radius 1 is 1.31 bits per heavy atom. The van der Waals surface area contributed by atoms with Crippen LogP contribution >= 0.6 is 11.8 Å². The molecule has 0 aliphatic heterocycles. The molecule has 4 rings (SSSR count). The highest BCUT2D eigenvalue weighted by Gasteiger charge is 2.62. The Kier molecular flexibility index (Phi) is 4.15. The molecule has 4 heteroatoms. The molecule has 3 fully saturated rings. The zero-order valence-electron chi connectivity index (χ0n) is 15.8. The summed E-state index contributed by atoms with van der Waals surface area (Å²) in [6, 6.07) is 0. The van der Waals surface area contributed by atoms with Crippen molar-refractivity contribution in [3.8, 4) is 0 Å². The van der Waals surface area contributed by atoms with Crippen molar-refractivity contribution in [1.82, 2.24) is 0 Å². The molecule has 0 amide bonds. The molecule has 0 heterocycles. The van der Waals surface area contributed by atoms with E-state index in [9.17, 15) is 14.0 Å². The first-order valence-electron chi connectivity index (χ1n) is 9.71. The third kappa shape index (κ3) is 2.23. The van der Waals surface area contributed by atoms with Crippen LogP contribution in [-0.4, -0.2) is 23.5 Å². The number of allylic oxidation sites excluding steroid dienone is 5. The topological polar surface area (TPSA) is 34.1 Å². The lowest BCUT2D eigenvalue weighted by atomic mass is 9.48. The summed E-state index contributed by atoms with van der Waals surface area (Å²) in [5.41, 5.74) is 1.38. The van der Waals surface area contributed by atoms with E-state index in [0.29, 0.717) is 12.3 Å². The standard InChI is InChI=1S/C22H27FO2S/c1-5-26-19-17(24)7-9-21(3)14-6-8-22(4)15(11-16(23)20(22)25)13(14)10-12(2)18(19)21/h7,9,13-16H,2,5-6,8,10-11H2,1,3-4H3/t13-,14+,15+,16-,21-,22+/m1/s1. The van der Waals surface area contributed by atoms with Crippen molar-refractivity contribution in [2.24, 2.45) is 28.6 Å². The highest BCUT2D eigenvalue weighted by Crippen LogP contribution is 2.65. The third-order valence-electron chi connectivity index (χ3n) is 7.60. The van der Waals surface area contributed by atoms with Crippen molar-refractivity contribution in [2.45, 2.75) is 52.6 Å². The lowest BCUT2D eigenvalue weighted by Gasteiger charge is -2.56. The number of thioether (sulfide) groups is 1. The molecule has 2 nitrogen and oxygen atoms in total. The van der Waals surface area contributed by atoms with E-state index in [1.807, 2.05) is 6.92 Å². The van der Waals surface area contributed by atoms with Gasteiger partial charge < -0.3 is 0 Å². The molecule has 0 bridgehead atoms. The maximum Gasteiger partial charge on any atom is 0.192 e. The predicted molar refractivity (Wildman–Crippen MR) is 104 cm³/mol. The minimum atomic E-state index is -1.31. The van der Waals surface area contributed by atoms with Gasteiger partial charge in [0.2, 0.25) is 0 Å². The molecule has 26 heavy (non-hydrogen) atoms. The van der Waals surface area contributed by atoms with Gasteiger partial charge in [0.25, 0.3) is 0 Å². The molecule has 0 saturated heterocycles. The van der Waals surface area contributed by atoms with Crippen LogP contribution in [0.25, 0.3) is 0 Å². The maximum atomic E-state index is 14.3. The van der Waals surface area contributed by atoms with Gasteiger partial charge in [-0.05, 0) is 66.4 Å². The van der Waals surface area contributed by atoms with E-state index in [1.54, 1.807) is 17.8 Å². The van der Waals surface area contributed by atoms with Gasteiger partial charge in [0, 0.05) is 10.8 Å². The van der Waals surface area contributed by atoms with Crippen LogP contribution in [0.4, 0.5) is 4.39 Å². The van der Waals surface area contributed by atoms with Crippen molar-refractivity contribution >= 4 is 23.3 Å². The molecule has 6 atom stereocenters. The van der Waals surface area contributed by atoms with Crippen LogP contribution in [-0.2, 0) is 9.59 Å². The summed E-state index contributed by atoms with van der Waals surface area (Å²) in [4.78, 5) is 25.8. The predicted octanol–water partition coefficient (Wildman–Crippen LogP) is 5.06. The number of ketones is 2. The molecular weight excluding hydrogens is 347 g/mol. The Balaban J connectivity index is 1.79. The van der Waals surface area contributed by atoms with Crippen molar-refractivity contribution in [1.29, 1.82) is 0 Å².